The van der Waals surface area contributed by atoms with E-state index in [1.165, 1.54) is 0 Å². The molecule has 0 aliphatic carbocycles. The average Bonchev–Trinajstić information content (AvgIpc) is 2.55. The van der Waals surface area contributed by atoms with Gasteiger partial charge in [-0.05, 0) is 48.7 Å². The molecule has 0 saturated carbocycles. The van der Waals surface area contributed by atoms with Crippen molar-refractivity contribution in [3.05, 3.63) is 59.2 Å². The normalized spacial score (nSPS) is 11.2. The molecule has 2 aromatic carbocycles. The average molecular weight is 376 g/mol. The number of benzene rings is 2. The molecule has 1 N–H and O–H groups in total. The third-order valence-electron chi connectivity index (χ3n) is 3.84. The monoisotopic (exact) mass is 376 g/mol. The summed E-state index contributed by atoms with van der Waals surface area (Å²) in [5.41, 5.74) is 3.73. The summed E-state index contributed by atoms with van der Waals surface area (Å²) in [4.78, 5) is 12.5. The minimum absolute atomic E-state index is 0.294. The predicted octanol–water partition coefficient (Wildman–Crippen LogP) is 2.85. The molecule has 0 fully saturated rings. The van der Waals surface area contributed by atoms with Crippen molar-refractivity contribution < 1.29 is 17.9 Å². The van der Waals surface area contributed by atoms with Gasteiger partial charge in [0.25, 0.3) is 0 Å². The van der Waals surface area contributed by atoms with Crippen LogP contribution in [0.3, 0.4) is 0 Å². The zero-order chi connectivity index (χ0) is 19.3. The molecule has 0 saturated heterocycles. The van der Waals surface area contributed by atoms with Gasteiger partial charge in [0.05, 0.1) is 18.6 Å². The van der Waals surface area contributed by atoms with E-state index in [0.29, 0.717) is 18.0 Å². The predicted molar refractivity (Wildman–Crippen MR) is 104 cm³/mol. The smallest absolute Gasteiger partial charge is 0.245 e. The van der Waals surface area contributed by atoms with Gasteiger partial charge in [-0.2, -0.15) is 0 Å². The molecule has 0 radical (unpaired) electrons. The Morgan fingerprint density at radius 2 is 1.88 bits per heavy atom. The summed E-state index contributed by atoms with van der Waals surface area (Å²) in [5.74, 6) is -0.411. The Labute approximate surface area is 154 Å². The highest BCUT2D eigenvalue weighted by atomic mass is 32.2. The van der Waals surface area contributed by atoms with Gasteiger partial charge in [0.15, 0.2) is 0 Å². The molecule has 2 aromatic rings. The Morgan fingerprint density at radius 1 is 1.15 bits per heavy atom. The quantitative estimate of drug-likeness (QED) is 0.806. The van der Waals surface area contributed by atoms with Gasteiger partial charge in [0.2, 0.25) is 15.9 Å². The molecule has 1 amide bonds. The molecule has 0 spiro atoms. The number of nitrogens with zero attached hydrogens (tertiary/aromatic N) is 1. The lowest BCUT2D eigenvalue weighted by Gasteiger charge is -2.24. The van der Waals surface area contributed by atoms with Gasteiger partial charge in [-0.3, -0.25) is 9.10 Å². The molecular formula is C19H24N2O4S. The molecule has 0 aliphatic rings. The lowest BCUT2D eigenvalue weighted by molar-refractivity contribution is -0.114. The maximum atomic E-state index is 12.5. The Morgan fingerprint density at radius 3 is 2.54 bits per heavy atom. The standard InChI is InChI=1S/C19H24N2O4S/c1-14-8-9-15(2)18(10-14)21(26(4,23)24)12-19(22)20-17-7-5-6-16(11-17)13-25-3/h5-11H,12-13H2,1-4H3,(H,20,22). The molecule has 6 nitrogen and oxygen atoms in total. The van der Waals surface area contributed by atoms with Crippen LogP contribution in [-0.2, 0) is 26.2 Å². The van der Waals surface area contributed by atoms with Gasteiger partial charge in [-0.25, -0.2) is 8.42 Å². The highest BCUT2D eigenvalue weighted by Gasteiger charge is 2.22. The van der Waals surface area contributed by atoms with Crippen molar-refractivity contribution in [3.63, 3.8) is 0 Å². The van der Waals surface area contributed by atoms with Gasteiger partial charge < -0.3 is 10.1 Å². The fraction of sp³-hybridized carbons (Fsp3) is 0.316. The van der Waals surface area contributed by atoms with E-state index in [1.807, 2.05) is 38.1 Å². The second kappa shape index (κ2) is 8.33. The lowest BCUT2D eigenvalue weighted by atomic mass is 10.1. The van der Waals surface area contributed by atoms with E-state index in [-0.39, 0.29) is 6.54 Å². The van der Waals surface area contributed by atoms with Crippen LogP contribution in [-0.4, -0.2) is 34.2 Å². The van der Waals surface area contributed by atoms with Crippen molar-refractivity contribution in [1.29, 1.82) is 0 Å². The van der Waals surface area contributed by atoms with E-state index in [4.69, 9.17) is 4.74 Å². The SMILES string of the molecule is COCc1cccc(NC(=O)CN(c2cc(C)ccc2C)S(C)(=O)=O)c1. The van der Waals surface area contributed by atoms with Crippen LogP contribution in [0.1, 0.15) is 16.7 Å². The first kappa shape index (κ1) is 19.9. The summed E-state index contributed by atoms with van der Waals surface area (Å²) in [5, 5.41) is 2.75. The van der Waals surface area contributed by atoms with E-state index in [0.717, 1.165) is 27.3 Å². The number of methoxy groups -OCH3 is 1. The van der Waals surface area contributed by atoms with Crippen molar-refractivity contribution in [3.8, 4) is 0 Å². The van der Waals surface area contributed by atoms with Crippen molar-refractivity contribution in [2.24, 2.45) is 0 Å². The molecule has 0 aliphatic heterocycles. The second-order valence-electron chi connectivity index (χ2n) is 6.24. The van der Waals surface area contributed by atoms with Crippen molar-refractivity contribution in [2.45, 2.75) is 20.5 Å². The van der Waals surface area contributed by atoms with Crippen LogP contribution in [0.5, 0.6) is 0 Å². The number of ether oxygens (including phenoxy) is 1. The summed E-state index contributed by atoms with van der Waals surface area (Å²) < 4.78 is 30.7. The van der Waals surface area contributed by atoms with Crippen LogP contribution >= 0.6 is 0 Å². The minimum Gasteiger partial charge on any atom is -0.380 e. The Balaban J connectivity index is 2.22. The summed E-state index contributed by atoms with van der Waals surface area (Å²) >= 11 is 0. The zero-order valence-electron chi connectivity index (χ0n) is 15.4. The van der Waals surface area contributed by atoms with Gasteiger partial charge in [-0.15, -0.1) is 0 Å². The maximum Gasteiger partial charge on any atom is 0.245 e. The van der Waals surface area contributed by atoms with E-state index >= 15 is 0 Å². The number of sulfonamides is 1. The van der Waals surface area contributed by atoms with Gasteiger partial charge >= 0.3 is 0 Å². The number of carbonyl (C=O) groups excluding carboxylic acids is 1. The number of hydrogen-bond donors (Lipinski definition) is 1. The topological polar surface area (TPSA) is 75.7 Å². The van der Waals surface area contributed by atoms with Crippen molar-refractivity contribution >= 4 is 27.3 Å². The van der Waals surface area contributed by atoms with E-state index in [1.54, 1.807) is 25.3 Å². The first-order valence-corrected chi connectivity index (χ1v) is 9.98. The summed E-state index contributed by atoms with van der Waals surface area (Å²) in [6, 6.07) is 12.8. The summed E-state index contributed by atoms with van der Waals surface area (Å²) in [6.45, 7) is 3.84. The summed E-state index contributed by atoms with van der Waals surface area (Å²) in [7, 11) is -2.01. The number of anilines is 2. The summed E-state index contributed by atoms with van der Waals surface area (Å²) in [6.07, 6.45) is 1.10. The zero-order valence-corrected chi connectivity index (χ0v) is 16.3. The van der Waals surface area contributed by atoms with Crippen LogP contribution in [0.4, 0.5) is 11.4 Å². The van der Waals surface area contributed by atoms with E-state index in [9.17, 15) is 13.2 Å². The number of hydrogen-bond acceptors (Lipinski definition) is 4. The first-order chi connectivity index (χ1) is 12.2. The molecule has 0 unspecified atom stereocenters. The van der Waals surface area contributed by atoms with E-state index < -0.39 is 15.9 Å². The molecule has 0 bridgehead atoms. The molecule has 140 valence electrons. The number of aryl methyl sites for hydroxylation is 2. The lowest BCUT2D eigenvalue weighted by Crippen LogP contribution is -2.37. The minimum atomic E-state index is -3.61. The highest BCUT2D eigenvalue weighted by molar-refractivity contribution is 7.92. The maximum absolute atomic E-state index is 12.5. The van der Waals surface area contributed by atoms with Gasteiger partial charge in [0, 0.05) is 12.8 Å². The Hall–Kier alpha value is -2.38. The molecule has 2 rings (SSSR count). The van der Waals surface area contributed by atoms with E-state index in [2.05, 4.69) is 5.32 Å². The fourth-order valence-corrected chi connectivity index (χ4v) is 3.51. The first-order valence-electron chi connectivity index (χ1n) is 8.13. The number of rotatable bonds is 7. The van der Waals surface area contributed by atoms with Crippen LogP contribution < -0.4 is 9.62 Å². The number of carbonyl (C=O) groups is 1. The van der Waals surface area contributed by atoms with Crippen molar-refractivity contribution in [1.82, 2.24) is 0 Å². The van der Waals surface area contributed by atoms with Crippen molar-refractivity contribution in [2.75, 3.05) is 29.5 Å². The highest BCUT2D eigenvalue weighted by Crippen LogP contribution is 2.24. The third kappa shape index (κ3) is 5.31. The largest absolute Gasteiger partial charge is 0.380 e. The fourth-order valence-electron chi connectivity index (χ4n) is 2.61. The molecule has 0 heterocycles. The number of amides is 1. The molecule has 26 heavy (non-hydrogen) atoms. The van der Waals surface area contributed by atoms with Crippen LogP contribution in [0, 0.1) is 13.8 Å². The third-order valence-corrected chi connectivity index (χ3v) is 4.97. The molecule has 7 heteroatoms. The molecular weight excluding hydrogens is 352 g/mol. The van der Waals surface area contributed by atoms with Gasteiger partial charge in [0.1, 0.15) is 6.54 Å². The van der Waals surface area contributed by atoms with Crippen LogP contribution in [0.15, 0.2) is 42.5 Å². The molecule has 0 aromatic heterocycles. The Kier molecular flexibility index (Phi) is 6.39. The van der Waals surface area contributed by atoms with Gasteiger partial charge in [-0.1, -0.05) is 24.3 Å². The van der Waals surface area contributed by atoms with Crippen LogP contribution in [0.25, 0.3) is 0 Å². The van der Waals surface area contributed by atoms with Crippen LogP contribution in [0.2, 0.25) is 0 Å². The Bertz CT molecular complexity index is 894. The second-order valence-corrected chi connectivity index (χ2v) is 8.15. The molecule has 0 atom stereocenters. The number of nitrogens with one attached hydrogen (secondary N) is 1.